The number of benzene rings is 2. The van der Waals surface area contributed by atoms with E-state index in [9.17, 15) is 18.3 Å². The predicted molar refractivity (Wildman–Crippen MR) is 91.8 cm³/mol. The van der Waals surface area contributed by atoms with Gasteiger partial charge < -0.3 is 10.4 Å². The Bertz CT molecular complexity index is 836. The van der Waals surface area contributed by atoms with Crippen molar-refractivity contribution in [3.05, 3.63) is 58.6 Å². The smallest absolute Gasteiger partial charge is 0.255 e. The summed E-state index contributed by atoms with van der Waals surface area (Å²) in [4.78, 5) is 12.2. The van der Waals surface area contributed by atoms with Gasteiger partial charge in [-0.15, -0.1) is 0 Å². The Morgan fingerprint density at radius 2 is 1.83 bits per heavy atom. The maximum absolute atomic E-state index is 12.0. The number of phenols is 1. The lowest BCUT2D eigenvalue weighted by Crippen LogP contribution is -2.25. The zero-order valence-corrected chi connectivity index (χ0v) is 14.5. The second-order valence-corrected chi connectivity index (χ2v) is 7.34. The number of carbonyl (C=O) groups excluding carboxylic acids is 1. The highest BCUT2D eigenvalue weighted by atomic mass is 35.5. The van der Waals surface area contributed by atoms with Crippen molar-refractivity contribution in [3.8, 4) is 5.75 Å². The van der Waals surface area contributed by atoms with E-state index in [4.69, 9.17) is 11.6 Å². The molecule has 2 aromatic carbocycles. The molecule has 0 saturated carbocycles. The first kappa shape index (κ1) is 18.3. The zero-order chi connectivity index (χ0) is 17.7. The van der Waals surface area contributed by atoms with Crippen LogP contribution in [0.25, 0.3) is 0 Å². The van der Waals surface area contributed by atoms with Crippen LogP contribution in [0.4, 0.5) is 0 Å². The first-order valence-electron chi connectivity index (χ1n) is 7.12. The van der Waals surface area contributed by atoms with E-state index in [2.05, 4.69) is 10.0 Å². The monoisotopic (exact) mass is 368 g/mol. The van der Waals surface area contributed by atoms with E-state index < -0.39 is 15.9 Å². The minimum Gasteiger partial charge on any atom is -0.507 e. The molecule has 0 bridgehead atoms. The number of hydrogen-bond acceptors (Lipinski definition) is 4. The maximum atomic E-state index is 12.0. The number of nitrogens with one attached hydrogen (secondary N) is 2. The van der Waals surface area contributed by atoms with E-state index in [0.717, 1.165) is 5.56 Å². The molecule has 0 unspecified atom stereocenters. The molecule has 8 heteroatoms. The van der Waals surface area contributed by atoms with E-state index in [1.54, 1.807) is 12.1 Å². The summed E-state index contributed by atoms with van der Waals surface area (Å²) in [5, 5.41) is 12.7. The van der Waals surface area contributed by atoms with Crippen LogP contribution in [0.15, 0.2) is 47.4 Å². The standard InChI is InChI=1S/C16H17ClN2O4S/c1-18-24(22,23)13-5-2-11(3-6-13)8-9-19-16(21)14-10-12(17)4-7-15(14)20/h2-7,10,18,20H,8-9H2,1H3,(H,19,21). The van der Waals surface area contributed by atoms with Crippen LogP contribution in [-0.4, -0.2) is 33.0 Å². The predicted octanol–water partition coefficient (Wildman–Crippen LogP) is 1.93. The Labute approximate surface area is 145 Å². The van der Waals surface area contributed by atoms with Gasteiger partial charge in [-0.05, 0) is 49.4 Å². The van der Waals surface area contributed by atoms with Crippen LogP contribution in [0.3, 0.4) is 0 Å². The molecule has 0 fully saturated rings. The van der Waals surface area contributed by atoms with Gasteiger partial charge in [0.25, 0.3) is 5.91 Å². The summed E-state index contributed by atoms with van der Waals surface area (Å²) in [5.74, 6) is -0.567. The van der Waals surface area contributed by atoms with Crippen molar-refractivity contribution < 1.29 is 18.3 Å². The third kappa shape index (κ3) is 4.47. The SMILES string of the molecule is CNS(=O)(=O)c1ccc(CCNC(=O)c2cc(Cl)ccc2O)cc1. The van der Waals surface area contributed by atoms with Gasteiger partial charge in [-0.1, -0.05) is 23.7 Å². The Morgan fingerprint density at radius 3 is 2.46 bits per heavy atom. The zero-order valence-electron chi connectivity index (χ0n) is 12.9. The van der Waals surface area contributed by atoms with Gasteiger partial charge in [-0.3, -0.25) is 4.79 Å². The molecule has 1 amide bonds. The first-order chi connectivity index (χ1) is 11.3. The third-order valence-electron chi connectivity index (χ3n) is 3.40. The van der Waals surface area contributed by atoms with E-state index in [1.807, 2.05) is 0 Å². The van der Waals surface area contributed by atoms with Gasteiger partial charge in [0, 0.05) is 11.6 Å². The second-order valence-electron chi connectivity index (χ2n) is 5.02. The fourth-order valence-electron chi connectivity index (χ4n) is 2.06. The van der Waals surface area contributed by atoms with Crippen LogP contribution < -0.4 is 10.0 Å². The maximum Gasteiger partial charge on any atom is 0.255 e. The second kappa shape index (κ2) is 7.65. The molecular weight excluding hydrogens is 352 g/mol. The summed E-state index contributed by atoms with van der Waals surface area (Å²) in [6.07, 6.45) is 0.521. The van der Waals surface area contributed by atoms with E-state index in [-0.39, 0.29) is 16.2 Å². The van der Waals surface area contributed by atoms with E-state index in [1.165, 1.54) is 37.4 Å². The van der Waals surface area contributed by atoms with E-state index >= 15 is 0 Å². The lowest BCUT2D eigenvalue weighted by molar-refractivity contribution is 0.0951. The van der Waals surface area contributed by atoms with Crippen LogP contribution in [0, 0.1) is 0 Å². The largest absolute Gasteiger partial charge is 0.507 e. The summed E-state index contributed by atoms with van der Waals surface area (Å²) in [7, 11) is -2.10. The van der Waals surface area contributed by atoms with Crippen molar-refractivity contribution in [1.29, 1.82) is 0 Å². The first-order valence-corrected chi connectivity index (χ1v) is 8.99. The molecule has 0 saturated heterocycles. The van der Waals surface area contributed by atoms with Crippen LogP contribution >= 0.6 is 11.6 Å². The number of halogens is 1. The molecule has 3 N–H and O–H groups in total. The van der Waals surface area contributed by atoms with Crippen molar-refractivity contribution in [1.82, 2.24) is 10.0 Å². The van der Waals surface area contributed by atoms with E-state index in [0.29, 0.717) is 18.0 Å². The molecule has 2 rings (SSSR count). The van der Waals surface area contributed by atoms with Crippen molar-refractivity contribution in [2.24, 2.45) is 0 Å². The average Bonchev–Trinajstić information content (AvgIpc) is 2.57. The molecule has 0 aliphatic carbocycles. The molecule has 128 valence electrons. The van der Waals surface area contributed by atoms with Gasteiger partial charge in [0.15, 0.2) is 0 Å². The molecule has 2 aromatic rings. The van der Waals surface area contributed by atoms with Crippen molar-refractivity contribution in [2.75, 3.05) is 13.6 Å². The highest BCUT2D eigenvalue weighted by Crippen LogP contribution is 2.21. The van der Waals surface area contributed by atoms with Gasteiger partial charge in [0.1, 0.15) is 5.75 Å². The van der Waals surface area contributed by atoms with Gasteiger partial charge in [0.05, 0.1) is 10.5 Å². The molecule has 24 heavy (non-hydrogen) atoms. The van der Waals surface area contributed by atoms with Crippen molar-refractivity contribution >= 4 is 27.5 Å². The molecule has 0 spiro atoms. The van der Waals surface area contributed by atoms with Crippen LogP contribution in [0.5, 0.6) is 5.75 Å². The summed E-state index contributed by atoms with van der Waals surface area (Å²) >= 11 is 5.81. The lowest BCUT2D eigenvalue weighted by atomic mass is 10.1. The number of phenolic OH excluding ortho intramolecular Hbond substituents is 1. The van der Waals surface area contributed by atoms with Crippen LogP contribution in [0.1, 0.15) is 15.9 Å². The molecule has 6 nitrogen and oxygen atoms in total. The molecule has 0 heterocycles. The number of hydrogen-bond donors (Lipinski definition) is 3. The molecular formula is C16H17ClN2O4S. The van der Waals surface area contributed by atoms with Crippen molar-refractivity contribution in [2.45, 2.75) is 11.3 Å². The van der Waals surface area contributed by atoms with Gasteiger partial charge >= 0.3 is 0 Å². The number of sulfonamides is 1. The molecule has 0 aliphatic rings. The quantitative estimate of drug-likeness (QED) is 0.726. The van der Waals surface area contributed by atoms with Gasteiger partial charge in [0.2, 0.25) is 10.0 Å². The van der Waals surface area contributed by atoms with Crippen LogP contribution in [0.2, 0.25) is 5.02 Å². The molecule has 0 atom stereocenters. The number of aromatic hydroxyl groups is 1. The summed E-state index contributed by atoms with van der Waals surface area (Å²) < 4.78 is 25.5. The normalized spacial score (nSPS) is 11.2. The molecule has 0 aromatic heterocycles. The molecule has 0 radical (unpaired) electrons. The highest BCUT2D eigenvalue weighted by Gasteiger charge is 2.12. The summed E-state index contributed by atoms with van der Waals surface area (Å²) in [5.41, 5.74) is 0.985. The fourth-order valence-corrected chi connectivity index (χ4v) is 2.96. The fraction of sp³-hybridized carbons (Fsp3) is 0.188. The number of carbonyl (C=O) groups is 1. The average molecular weight is 369 g/mol. The van der Waals surface area contributed by atoms with Crippen molar-refractivity contribution in [3.63, 3.8) is 0 Å². The van der Waals surface area contributed by atoms with Gasteiger partial charge in [-0.2, -0.15) is 0 Å². The van der Waals surface area contributed by atoms with Gasteiger partial charge in [-0.25, -0.2) is 13.1 Å². The summed E-state index contributed by atoms with van der Waals surface area (Å²) in [6, 6.07) is 10.6. The Morgan fingerprint density at radius 1 is 1.17 bits per heavy atom. The lowest BCUT2D eigenvalue weighted by Gasteiger charge is -2.08. The minimum absolute atomic E-state index is 0.109. The third-order valence-corrected chi connectivity index (χ3v) is 5.07. The van der Waals surface area contributed by atoms with Crippen LogP contribution in [-0.2, 0) is 16.4 Å². The topological polar surface area (TPSA) is 95.5 Å². The molecule has 0 aliphatic heterocycles. The summed E-state index contributed by atoms with van der Waals surface area (Å²) in [6.45, 7) is 0.336. The Balaban J connectivity index is 1.95. The number of amides is 1. The Hall–Kier alpha value is -2.09. The Kier molecular flexibility index (Phi) is 5.82. The minimum atomic E-state index is -3.45. The highest BCUT2D eigenvalue weighted by molar-refractivity contribution is 7.89. The number of rotatable bonds is 6.